The maximum Gasteiger partial charge on any atom is 0.254 e. The molecule has 0 N–H and O–H groups in total. The molecule has 0 fully saturated rings. The molecule has 31 heavy (non-hydrogen) atoms. The van der Waals surface area contributed by atoms with Gasteiger partial charge in [-0.1, -0.05) is 36.4 Å². The first-order valence-electron chi connectivity index (χ1n) is 10.1. The molecule has 1 amide bonds. The van der Waals surface area contributed by atoms with Crippen molar-refractivity contribution in [1.29, 1.82) is 0 Å². The molecule has 0 saturated heterocycles. The molecule has 3 aromatic carbocycles. The van der Waals surface area contributed by atoms with Crippen LogP contribution in [0.1, 0.15) is 34.0 Å². The van der Waals surface area contributed by atoms with Gasteiger partial charge in [-0.15, -0.1) is 0 Å². The third kappa shape index (κ3) is 4.06. The summed E-state index contributed by atoms with van der Waals surface area (Å²) in [4.78, 5) is 18.7. The summed E-state index contributed by atoms with van der Waals surface area (Å²) < 4.78 is 34.7. The second-order valence-corrected chi connectivity index (χ2v) is 7.36. The minimum absolute atomic E-state index is 0.193. The van der Waals surface area contributed by atoms with E-state index in [9.17, 15) is 9.18 Å². The monoisotopic (exact) mass is 420 g/mol. The van der Waals surface area contributed by atoms with Crippen molar-refractivity contribution in [1.82, 2.24) is 4.90 Å². The summed E-state index contributed by atoms with van der Waals surface area (Å²) in [7, 11) is 1.64. The minimum atomic E-state index is -0.523. The van der Waals surface area contributed by atoms with E-state index < -0.39 is 5.82 Å². The van der Waals surface area contributed by atoms with E-state index in [1.54, 1.807) is 31.3 Å². The van der Waals surface area contributed by atoms with Crippen LogP contribution >= 0.6 is 0 Å². The Morgan fingerprint density at radius 1 is 1.10 bits per heavy atom. The van der Waals surface area contributed by atoms with Crippen LogP contribution < -0.4 is 4.74 Å². The third-order valence-corrected chi connectivity index (χ3v) is 5.29. The van der Waals surface area contributed by atoms with Gasteiger partial charge in [0, 0.05) is 30.9 Å². The normalized spacial score (nSPS) is 12.0. The zero-order chi connectivity index (χ0) is 22.0. The molecule has 0 saturated carbocycles. The molecule has 3 aromatic rings. The molecular formula is C25H22F2N2O2. The lowest BCUT2D eigenvalue weighted by Gasteiger charge is -2.20. The van der Waals surface area contributed by atoms with Crippen LogP contribution in [-0.2, 0) is 13.1 Å². The van der Waals surface area contributed by atoms with Gasteiger partial charge in [0.15, 0.2) is 0 Å². The zero-order valence-electron chi connectivity index (χ0n) is 17.4. The fourth-order valence-corrected chi connectivity index (χ4v) is 3.79. The van der Waals surface area contributed by atoms with Crippen molar-refractivity contribution in [3.8, 4) is 16.9 Å². The maximum atomic E-state index is 15.1. The summed E-state index contributed by atoms with van der Waals surface area (Å²) in [5, 5.41) is 0. The third-order valence-electron chi connectivity index (χ3n) is 5.29. The van der Waals surface area contributed by atoms with Gasteiger partial charge in [0.05, 0.1) is 18.7 Å². The van der Waals surface area contributed by atoms with Gasteiger partial charge in [0.1, 0.15) is 17.4 Å². The number of hydrogen-bond acceptors (Lipinski definition) is 3. The number of benzene rings is 3. The number of carbonyl (C=O) groups is 1. The van der Waals surface area contributed by atoms with E-state index >= 15 is 4.39 Å². The van der Waals surface area contributed by atoms with Gasteiger partial charge in [-0.05, 0) is 41.8 Å². The molecular weight excluding hydrogens is 398 g/mol. The highest BCUT2D eigenvalue weighted by atomic mass is 19.1. The Balaban J connectivity index is 1.64. The van der Waals surface area contributed by atoms with E-state index in [-0.39, 0.29) is 23.8 Å². The van der Waals surface area contributed by atoms with Crippen molar-refractivity contribution in [2.75, 3.05) is 13.7 Å². The van der Waals surface area contributed by atoms with Crippen LogP contribution in [0, 0.1) is 11.6 Å². The molecule has 4 nitrogen and oxygen atoms in total. The number of fused-ring (bicyclic) bond motifs is 1. The molecule has 0 unspecified atom stereocenters. The molecule has 0 radical (unpaired) electrons. The number of nitrogens with zero attached hydrogens (tertiary/aromatic N) is 2. The van der Waals surface area contributed by atoms with Crippen molar-refractivity contribution in [2.45, 2.75) is 20.0 Å². The molecule has 0 aliphatic carbocycles. The molecule has 158 valence electrons. The molecule has 1 aliphatic rings. The van der Waals surface area contributed by atoms with Gasteiger partial charge in [-0.2, -0.15) is 0 Å². The first-order valence-corrected chi connectivity index (χ1v) is 10.1. The van der Waals surface area contributed by atoms with Gasteiger partial charge < -0.3 is 9.64 Å². The predicted octanol–water partition coefficient (Wildman–Crippen LogP) is 5.24. The quantitative estimate of drug-likeness (QED) is 0.548. The van der Waals surface area contributed by atoms with Gasteiger partial charge in [-0.3, -0.25) is 9.79 Å². The topological polar surface area (TPSA) is 41.9 Å². The molecule has 0 aromatic heterocycles. The predicted molar refractivity (Wildman–Crippen MR) is 117 cm³/mol. The number of rotatable bonds is 6. The minimum Gasteiger partial charge on any atom is -0.493 e. The molecule has 6 heteroatoms. The Kier molecular flexibility index (Phi) is 5.80. The lowest BCUT2D eigenvalue weighted by atomic mass is 10.0. The highest BCUT2D eigenvalue weighted by molar-refractivity contribution is 5.95. The molecule has 1 heterocycles. The van der Waals surface area contributed by atoms with Gasteiger partial charge in [0.25, 0.3) is 5.91 Å². The van der Waals surface area contributed by atoms with Crippen molar-refractivity contribution in [3.05, 3.63) is 88.5 Å². The fourth-order valence-electron chi connectivity index (χ4n) is 3.79. The lowest BCUT2D eigenvalue weighted by Crippen LogP contribution is -2.27. The van der Waals surface area contributed by atoms with Gasteiger partial charge in [-0.25, -0.2) is 8.78 Å². The largest absolute Gasteiger partial charge is 0.493 e. The van der Waals surface area contributed by atoms with E-state index in [1.807, 2.05) is 25.1 Å². The second-order valence-electron chi connectivity index (χ2n) is 7.36. The summed E-state index contributed by atoms with van der Waals surface area (Å²) in [5.41, 5.74) is 3.26. The smallest absolute Gasteiger partial charge is 0.254 e. The Morgan fingerprint density at radius 2 is 1.87 bits per heavy atom. The van der Waals surface area contributed by atoms with Crippen LogP contribution in [0.2, 0.25) is 0 Å². The summed E-state index contributed by atoms with van der Waals surface area (Å²) in [5.74, 6) is -0.878. The SMILES string of the molecule is CCOc1cc(C(=O)N(C)Cc2ccc(F)c3c2CN=C3)cc(F)c1-c1ccccc1. The molecule has 0 spiro atoms. The molecule has 4 rings (SSSR count). The summed E-state index contributed by atoms with van der Waals surface area (Å²) in [6, 6.07) is 14.9. The lowest BCUT2D eigenvalue weighted by molar-refractivity contribution is 0.0784. The highest BCUT2D eigenvalue weighted by Crippen LogP contribution is 2.34. The van der Waals surface area contributed by atoms with Crippen LogP contribution in [0.4, 0.5) is 8.78 Å². The van der Waals surface area contributed by atoms with Gasteiger partial charge in [0.2, 0.25) is 0 Å². The van der Waals surface area contributed by atoms with Gasteiger partial charge >= 0.3 is 0 Å². The summed E-state index contributed by atoms with van der Waals surface area (Å²) in [6.45, 7) is 2.80. The molecule has 0 bridgehead atoms. The standard InChI is InChI=1S/C25H22F2N2O2/c1-3-31-23-12-18(11-22(27)24(23)16-7-5-4-6-8-16)25(30)29(2)15-17-9-10-21(26)20-14-28-13-19(17)20/h4-12,14H,3,13,15H2,1-2H3. The average molecular weight is 420 g/mol. The van der Waals surface area contributed by atoms with Crippen LogP contribution in [0.5, 0.6) is 5.75 Å². The summed E-state index contributed by atoms with van der Waals surface area (Å²) >= 11 is 0. The summed E-state index contributed by atoms with van der Waals surface area (Å²) in [6.07, 6.45) is 1.52. The van der Waals surface area contributed by atoms with E-state index in [1.165, 1.54) is 23.2 Å². The fraction of sp³-hybridized carbons (Fsp3) is 0.200. The molecule has 1 aliphatic heterocycles. The van der Waals surface area contributed by atoms with Crippen molar-refractivity contribution >= 4 is 12.1 Å². The van der Waals surface area contributed by atoms with E-state index in [0.29, 0.717) is 35.6 Å². The zero-order valence-corrected chi connectivity index (χ0v) is 17.4. The molecule has 0 atom stereocenters. The number of halogens is 2. The highest BCUT2D eigenvalue weighted by Gasteiger charge is 2.22. The Bertz CT molecular complexity index is 1160. The Hall–Kier alpha value is -3.54. The number of carbonyl (C=O) groups excluding carboxylic acids is 1. The Labute approximate surface area is 179 Å². The number of ether oxygens (including phenoxy) is 1. The van der Waals surface area contributed by atoms with E-state index in [0.717, 1.165) is 11.1 Å². The van der Waals surface area contributed by atoms with Crippen molar-refractivity contribution in [2.24, 2.45) is 4.99 Å². The van der Waals surface area contributed by atoms with Crippen LogP contribution in [0.25, 0.3) is 11.1 Å². The maximum absolute atomic E-state index is 15.1. The first-order chi connectivity index (χ1) is 15.0. The van der Waals surface area contributed by atoms with Crippen LogP contribution in [0.15, 0.2) is 59.6 Å². The van der Waals surface area contributed by atoms with Crippen molar-refractivity contribution < 1.29 is 18.3 Å². The number of amides is 1. The number of aliphatic imine (C=N–C) groups is 1. The van der Waals surface area contributed by atoms with Crippen molar-refractivity contribution in [3.63, 3.8) is 0 Å². The number of hydrogen-bond donors (Lipinski definition) is 0. The van der Waals surface area contributed by atoms with Crippen LogP contribution in [-0.4, -0.2) is 30.7 Å². The van der Waals surface area contributed by atoms with E-state index in [4.69, 9.17) is 4.74 Å². The average Bonchev–Trinajstić information content (AvgIpc) is 3.27. The first kappa shape index (κ1) is 20.7. The Morgan fingerprint density at radius 3 is 2.61 bits per heavy atom. The second kappa shape index (κ2) is 8.68. The van der Waals surface area contributed by atoms with Crippen LogP contribution in [0.3, 0.4) is 0 Å². The van der Waals surface area contributed by atoms with E-state index in [2.05, 4.69) is 4.99 Å².